The maximum absolute atomic E-state index is 13.5. The van der Waals surface area contributed by atoms with Gasteiger partial charge in [-0.1, -0.05) is 18.5 Å². The molecule has 0 aliphatic carbocycles. The van der Waals surface area contributed by atoms with Crippen LogP contribution in [0.2, 0.25) is 5.02 Å². The van der Waals surface area contributed by atoms with E-state index in [1.165, 1.54) is 31.6 Å². The van der Waals surface area contributed by atoms with Gasteiger partial charge in [0.25, 0.3) is 0 Å². The van der Waals surface area contributed by atoms with Gasteiger partial charge in [-0.3, -0.25) is 0 Å². The van der Waals surface area contributed by atoms with Gasteiger partial charge in [-0.25, -0.2) is 14.4 Å². The Balaban J connectivity index is 2.46. The van der Waals surface area contributed by atoms with Crippen LogP contribution >= 0.6 is 11.6 Å². The van der Waals surface area contributed by atoms with Crippen LogP contribution in [0.4, 0.5) is 4.39 Å². The smallest absolute Gasteiger partial charge is 0.216 e. The maximum Gasteiger partial charge on any atom is 0.216 e. The van der Waals surface area contributed by atoms with E-state index >= 15 is 0 Å². The fourth-order valence-electron chi connectivity index (χ4n) is 1.94. The van der Waals surface area contributed by atoms with E-state index in [0.29, 0.717) is 28.7 Å². The monoisotopic (exact) mass is 295 g/mol. The van der Waals surface area contributed by atoms with Gasteiger partial charge in [-0.15, -0.1) is 0 Å². The van der Waals surface area contributed by atoms with Crippen LogP contribution in [0.1, 0.15) is 24.2 Å². The van der Waals surface area contributed by atoms with Crippen molar-refractivity contribution in [2.75, 3.05) is 13.7 Å². The van der Waals surface area contributed by atoms with Crippen LogP contribution in [-0.2, 0) is 0 Å². The minimum absolute atomic E-state index is 0.319. The van der Waals surface area contributed by atoms with Gasteiger partial charge in [0.15, 0.2) is 0 Å². The van der Waals surface area contributed by atoms with Crippen molar-refractivity contribution >= 4 is 11.6 Å². The van der Waals surface area contributed by atoms with Crippen LogP contribution in [0, 0.1) is 5.82 Å². The van der Waals surface area contributed by atoms with Crippen LogP contribution in [-0.4, -0.2) is 23.6 Å². The number of hydrogen-bond donors (Lipinski definition) is 1. The van der Waals surface area contributed by atoms with Crippen molar-refractivity contribution in [3.8, 4) is 5.88 Å². The summed E-state index contributed by atoms with van der Waals surface area (Å²) in [6.45, 7) is 2.64. The number of aromatic nitrogens is 2. The normalized spacial score (nSPS) is 12.2. The van der Waals surface area contributed by atoms with Gasteiger partial charge in [0.1, 0.15) is 12.1 Å². The van der Waals surface area contributed by atoms with E-state index in [1.54, 1.807) is 6.07 Å². The zero-order valence-electron chi connectivity index (χ0n) is 11.2. The van der Waals surface area contributed by atoms with Gasteiger partial charge in [-0.2, -0.15) is 0 Å². The number of ether oxygens (including phenoxy) is 1. The molecule has 1 atom stereocenters. The van der Waals surface area contributed by atoms with E-state index in [-0.39, 0.29) is 11.9 Å². The van der Waals surface area contributed by atoms with E-state index in [0.717, 1.165) is 0 Å². The largest absolute Gasteiger partial charge is 0.481 e. The molecule has 0 radical (unpaired) electrons. The average Bonchev–Trinajstić information content (AvgIpc) is 2.47. The molecule has 6 heteroatoms. The van der Waals surface area contributed by atoms with E-state index < -0.39 is 0 Å². The minimum atomic E-state index is -0.340. The lowest BCUT2D eigenvalue weighted by molar-refractivity contribution is 0.395. The fraction of sp³-hybridized carbons (Fsp3) is 0.286. The predicted octanol–water partition coefficient (Wildman–Crippen LogP) is 2.98. The van der Waals surface area contributed by atoms with Crippen LogP contribution in [0.15, 0.2) is 30.6 Å². The topological polar surface area (TPSA) is 47.0 Å². The second-order valence-corrected chi connectivity index (χ2v) is 4.55. The van der Waals surface area contributed by atoms with E-state index in [1.807, 2.05) is 6.92 Å². The lowest BCUT2D eigenvalue weighted by atomic mass is 10.0. The lowest BCUT2D eigenvalue weighted by Gasteiger charge is -2.19. The van der Waals surface area contributed by atoms with Gasteiger partial charge in [0.2, 0.25) is 5.88 Å². The Hall–Kier alpha value is -1.72. The molecule has 2 aromatic rings. The summed E-state index contributed by atoms with van der Waals surface area (Å²) in [5.74, 6) is 0.110. The zero-order chi connectivity index (χ0) is 14.5. The summed E-state index contributed by atoms with van der Waals surface area (Å²) in [6, 6.07) is 5.66. The first-order valence-corrected chi connectivity index (χ1v) is 6.57. The molecule has 1 aromatic heterocycles. The number of halogens is 2. The Labute approximate surface area is 122 Å². The molecule has 0 fully saturated rings. The standard InChI is InChI=1S/C14H15ClFN3O/c1-3-17-14(10-6-9(16)4-5-11(10)15)12-7-13(20-2)19-8-18-12/h4-8,14,17H,3H2,1-2H3. The van der Waals surface area contributed by atoms with E-state index in [2.05, 4.69) is 15.3 Å². The SMILES string of the molecule is CCNC(c1cc(OC)ncn1)c1cc(F)ccc1Cl. The Bertz CT molecular complexity index is 594. The quantitative estimate of drug-likeness (QED) is 0.921. The summed E-state index contributed by atoms with van der Waals surface area (Å²) in [7, 11) is 1.53. The van der Waals surface area contributed by atoms with Crippen LogP contribution in [0.5, 0.6) is 5.88 Å². The molecule has 2 rings (SSSR count). The highest BCUT2D eigenvalue weighted by atomic mass is 35.5. The lowest BCUT2D eigenvalue weighted by Crippen LogP contribution is -2.23. The van der Waals surface area contributed by atoms with Gasteiger partial charge in [0.05, 0.1) is 18.8 Å². The predicted molar refractivity (Wildman–Crippen MR) is 75.5 cm³/mol. The van der Waals surface area contributed by atoms with Crippen molar-refractivity contribution in [2.24, 2.45) is 0 Å². The molecule has 1 heterocycles. The van der Waals surface area contributed by atoms with Crippen molar-refractivity contribution in [3.05, 3.63) is 52.7 Å². The Morgan fingerprint density at radius 1 is 1.35 bits per heavy atom. The van der Waals surface area contributed by atoms with Gasteiger partial charge >= 0.3 is 0 Å². The molecule has 0 saturated heterocycles. The highest BCUT2D eigenvalue weighted by Gasteiger charge is 2.19. The van der Waals surface area contributed by atoms with Crippen LogP contribution in [0.25, 0.3) is 0 Å². The molecule has 0 aliphatic heterocycles. The van der Waals surface area contributed by atoms with Gasteiger partial charge in [0, 0.05) is 11.1 Å². The second kappa shape index (κ2) is 6.63. The van der Waals surface area contributed by atoms with E-state index in [4.69, 9.17) is 16.3 Å². The summed E-state index contributed by atoms with van der Waals surface area (Å²) < 4.78 is 18.6. The highest BCUT2D eigenvalue weighted by molar-refractivity contribution is 6.31. The summed E-state index contributed by atoms with van der Waals surface area (Å²) in [6.07, 6.45) is 1.41. The molecule has 0 spiro atoms. The summed E-state index contributed by atoms with van der Waals surface area (Å²) in [5.41, 5.74) is 1.31. The second-order valence-electron chi connectivity index (χ2n) is 4.14. The van der Waals surface area contributed by atoms with Crippen LogP contribution < -0.4 is 10.1 Å². The minimum Gasteiger partial charge on any atom is -0.481 e. The zero-order valence-corrected chi connectivity index (χ0v) is 12.0. The third-order valence-corrected chi connectivity index (χ3v) is 3.19. The molecule has 1 N–H and O–H groups in total. The van der Waals surface area contributed by atoms with Crippen LogP contribution in [0.3, 0.4) is 0 Å². The molecule has 0 amide bonds. The molecule has 0 saturated carbocycles. The summed E-state index contributed by atoms with van der Waals surface area (Å²) in [4.78, 5) is 8.18. The number of hydrogen-bond acceptors (Lipinski definition) is 4. The maximum atomic E-state index is 13.5. The summed E-state index contributed by atoms with van der Waals surface area (Å²) >= 11 is 6.17. The molecule has 106 valence electrons. The Morgan fingerprint density at radius 3 is 2.85 bits per heavy atom. The van der Waals surface area contributed by atoms with Crippen molar-refractivity contribution in [1.29, 1.82) is 0 Å². The first-order valence-electron chi connectivity index (χ1n) is 6.20. The van der Waals surface area contributed by atoms with Crippen molar-refractivity contribution in [3.63, 3.8) is 0 Å². The highest BCUT2D eigenvalue weighted by Crippen LogP contribution is 2.28. The summed E-state index contributed by atoms with van der Waals surface area (Å²) in [5, 5.41) is 3.72. The van der Waals surface area contributed by atoms with Gasteiger partial charge in [-0.05, 0) is 30.3 Å². The van der Waals surface area contributed by atoms with Crippen molar-refractivity contribution < 1.29 is 9.13 Å². The third kappa shape index (κ3) is 3.23. The first kappa shape index (κ1) is 14.7. The fourth-order valence-corrected chi connectivity index (χ4v) is 2.16. The average molecular weight is 296 g/mol. The molecule has 0 bridgehead atoms. The number of methoxy groups -OCH3 is 1. The molecule has 1 unspecified atom stereocenters. The Morgan fingerprint density at radius 2 is 2.15 bits per heavy atom. The molecular formula is C14H15ClFN3O. The molecule has 20 heavy (non-hydrogen) atoms. The van der Waals surface area contributed by atoms with Crippen molar-refractivity contribution in [1.82, 2.24) is 15.3 Å². The van der Waals surface area contributed by atoms with Crippen molar-refractivity contribution in [2.45, 2.75) is 13.0 Å². The molecule has 4 nitrogen and oxygen atoms in total. The molecule has 1 aromatic carbocycles. The molecular weight excluding hydrogens is 281 g/mol. The first-order chi connectivity index (χ1) is 9.65. The Kier molecular flexibility index (Phi) is 4.87. The molecule has 0 aliphatic rings. The number of nitrogens with one attached hydrogen (secondary N) is 1. The van der Waals surface area contributed by atoms with E-state index in [9.17, 15) is 4.39 Å². The van der Waals surface area contributed by atoms with Gasteiger partial charge < -0.3 is 10.1 Å². The number of rotatable bonds is 5. The number of nitrogens with zero attached hydrogens (tertiary/aromatic N) is 2. The third-order valence-electron chi connectivity index (χ3n) is 2.85. The number of benzene rings is 1.